The van der Waals surface area contributed by atoms with Crippen LogP contribution in [0.5, 0.6) is 57.5 Å². The molecule has 0 spiro atoms. The zero-order valence-corrected chi connectivity index (χ0v) is 21.6. The summed E-state index contributed by atoms with van der Waals surface area (Å²) in [6.07, 6.45) is -5.49. The zero-order chi connectivity index (χ0) is 30.0. The Morgan fingerprint density at radius 2 is 1.21 bits per heavy atom. The van der Waals surface area contributed by atoms with Crippen molar-refractivity contribution in [2.45, 2.75) is 36.8 Å². The maximum Gasteiger partial charge on any atom is 0.200 e. The Bertz CT molecular complexity index is 1680. The molecule has 12 nitrogen and oxygen atoms in total. The van der Waals surface area contributed by atoms with E-state index in [-0.39, 0.29) is 51.7 Å². The molecule has 12 heteroatoms. The second kappa shape index (κ2) is 9.72. The highest BCUT2D eigenvalue weighted by Crippen LogP contribution is 2.57. The number of aliphatic hydroxyl groups excluding tert-OH is 2. The van der Waals surface area contributed by atoms with Gasteiger partial charge in [-0.15, -0.1) is 0 Å². The van der Waals surface area contributed by atoms with Crippen LogP contribution in [0.2, 0.25) is 0 Å². The van der Waals surface area contributed by atoms with Crippen LogP contribution >= 0.6 is 0 Å². The topological polar surface area (TPSA) is 221 Å². The van der Waals surface area contributed by atoms with Gasteiger partial charge in [0.15, 0.2) is 29.5 Å². The van der Waals surface area contributed by atoms with Gasteiger partial charge in [0.2, 0.25) is 0 Å². The van der Waals surface area contributed by atoms with Crippen LogP contribution in [0.1, 0.15) is 45.9 Å². The van der Waals surface area contributed by atoms with Gasteiger partial charge in [0.25, 0.3) is 0 Å². The number of benzene rings is 4. The quantitative estimate of drug-likeness (QED) is 0.159. The van der Waals surface area contributed by atoms with Crippen molar-refractivity contribution in [2.24, 2.45) is 0 Å². The van der Waals surface area contributed by atoms with Gasteiger partial charge < -0.3 is 60.5 Å². The predicted octanol–water partition coefficient (Wildman–Crippen LogP) is 3.00. The van der Waals surface area contributed by atoms with Crippen LogP contribution in [0.3, 0.4) is 0 Å². The van der Waals surface area contributed by atoms with Gasteiger partial charge >= 0.3 is 0 Å². The van der Waals surface area contributed by atoms with Crippen molar-refractivity contribution in [3.05, 3.63) is 82.4 Å². The first kappa shape index (κ1) is 27.0. The highest BCUT2D eigenvalue weighted by Gasteiger charge is 2.46. The summed E-state index contributed by atoms with van der Waals surface area (Å²) in [5.41, 5.74) is 0.435. The van der Waals surface area contributed by atoms with E-state index in [9.17, 15) is 51.1 Å². The Morgan fingerprint density at radius 3 is 1.88 bits per heavy atom. The molecule has 0 radical (unpaired) electrons. The number of phenolic OH excluding ortho intramolecular Hbond substituents is 8. The van der Waals surface area contributed by atoms with Crippen molar-refractivity contribution < 1.29 is 60.5 Å². The third-order valence-electron chi connectivity index (χ3n) is 7.66. The first-order valence-electron chi connectivity index (χ1n) is 12.8. The molecule has 2 aliphatic rings. The molecule has 218 valence electrons. The van der Waals surface area contributed by atoms with E-state index in [1.54, 1.807) is 0 Å². The molecule has 42 heavy (non-hydrogen) atoms. The Morgan fingerprint density at radius 1 is 0.571 bits per heavy atom. The fraction of sp³-hybridized carbons (Fsp3) is 0.200. The fourth-order valence-corrected chi connectivity index (χ4v) is 5.73. The highest BCUT2D eigenvalue weighted by molar-refractivity contribution is 5.66. The van der Waals surface area contributed by atoms with Crippen LogP contribution in [0.4, 0.5) is 0 Å². The largest absolute Gasteiger partial charge is 0.508 e. The van der Waals surface area contributed by atoms with Crippen LogP contribution in [0, 0.1) is 0 Å². The van der Waals surface area contributed by atoms with E-state index in [1.165, 1.54) is 30.3 Å². The van der Waals surface area contributed by atoms with E-state index >= 15 is 0 Å². The summed E-state index contributed by atoms with van der Waals surface area (Å²) in [7, 11) is 0. The van der Waals surface area contributed by atoms with Crippen molar-refractivity contribution in [1.29, 1.82) is 0 Å². The van der Waals surface area contributed by atoms with Gasteiger partial charge in [-0.3, -0.25) is 0 Å². The van der Waals surface area contributed by atoms with E-state index < -0.39 is 64.8 Å². The van der Waals surface area contributed by atoms with Gasteiger partial charge in [-0.1, -0.05) is 12.1 Å². The lowest BCUT2D eigenvalue weighted by Gasteiger charge is -2.40. The van der Waals surface area contributed by atoms with Gasteiger partial charge in [-0.05, 0) is 29.8 Å². The Balaban J connectivity index is 1.55. The lowest BCUT2D eigenvalue weighted by Crippen LogP contribution is -2.36. The standard InChI is InChI=1S/C30H26O12/c31-13-3-1-11(2-4-13)29-27(40)25(23-17(34)7-14(32)8-22(23)41-29)24-18(35)10-16(33)15-9-21(38)28(42-30(15)24)12-5-19(36)26(39)20(37)6-12/h1-8,10,21,25,27-29,31-40H,9H2. The first-order chi connectivity index (χ1) is 19.9. The molecule has 0 saturated carbocycles. The van der Waals surface area contributed by atoms with Gasteiger partial charge in [-0.2, -0.15) is 0 Å². The number of aliphatic hydroxyl groups is 2. The number of ether oxygens (including phenoxy) is 2. The van der Waals surface area contributed by atoms with Crippen molar-refractivity contribution in [3.63, 3.8) is 0 Å². The molecule has 10 N–H and O–H groups in total. The number of rotatable bonds is 3. The third kappa shape index (κ3) is 4.24. The summed E-state index contributed by atoms with van der Waals surface area (Å²) in [5, 5.41) is 105. The molecular weight excluding hydrogens is 552 g/mol. The molecule has 0 aliphatic carbocycles. The summed E-state index contributed by atoms with van der Waals surface area (Å²) in [5.74, 6) is -5.41. The molecule has 5 atom stereocenters. The molecule has 0 bridgehead atoms. The SMILES string of the molecule is Oc1ccc(C2Oc3cc(O)cc(O)c3C(c3c(O)cc(O)c4c3OC(c3cc(O)c(O)c(O)c3)C(O)C4)C2O)cc1. The van der Waals surface area contributed by atoms with Gasteiger partial charge in [0.1, 0.15) is 46.4 Å². The normalized spacial score (nSPS) is 22.9. The molecule has 0 amide bonds. The predicted molar refractivity (Wildman–Crippen MR) is 143 cm³/mol. The second-order valence-corrected chi connectivity index (χ2v) is 10.3. The van der Waals surface area contributed by atoms with Crippen LogP contribution in [-0.4, -0.2) is 63.3 Å². The Hall–Kier alpha value is -5.20. The van der Waals surface area contributed by atoms with Crippen molar-refractivity contribution >= 4 is 0 Å². The number of aromatic hydroxyl groups is 8. The minimum absolute atomic E-state index is 0.00953. The minimum atomic E-state index is -1.52. The molecule has 4 aromatic rings. The van der Waals surface area contributed by atoms with E-state index in [2.05, 4.69) is 0 Å². The minimum Gasteiger partial charge on any atom is -0.508 e. The highest BCUT2D eigenvalue weighted by atomic mass is 16.5. The van der Waals surface area contributed by atoms with Crippen molar-refractivity contribution in [3.8, 4) is 57.5 Å². The van der Waals surface area contributed by atoms with E-state index in [0.29, 0.717) is 5.56 Å². The van der Waals surface area contributed by atoms with Gasteiger partial charge in [0, 0.05) is 46.9 Å². The summed E-state index contributed by atoms with van der Waals surface area (Å²) < 4.78 is 12.1. The Kier molecular flexibility index (Phi) is 6.24. The summed E-state index contributed by atoms with van der Waals surface area (Å²) >= 11 is 0. The third-order valence-corrected chi connectivity index (χ3v) is 7.66. The van der Waals surface area contributed by atoms with E-state index in [0.717, 1.165) is 24.3 Å². The van der Waals surface area contributed by atoms with Crippen LogP contribution < -0.4 is 9.47 Å². The summed E-state index contributed by atoms with van der Waals surface area (Å²) in [6, 6.07) is 11.2. The van der Waals surface area contributed by atoms with E-state index in [4.69, 9.17) is 9.47 Å². The molecule has 2 heterocycles. The maximum absolute atomic E-state index is 11.7. The fourth-order valence-electron chi connectivity index (χ4n) is 5.73. The summed E-state index contributed by atoms with van der Waals surface area (Å²) in [4.78, 5) is 0. The summed E-state index contributed by atoms with van der Waals surface area (Å²) in [6.45, 7) is 0. The van der Waals surface area contributed by atoms with Gasteiger partial charge in [0.05, 0.1) is 12.0 Å². The molecule has 0 aromatic heterocycles. The van der Waals surface area contributed by atoms with Crippen LogP contribution in [0.15, 0.2) is 54.6 Å². The lowest BCUT2D eigenvalue weighted by molar-refractivity contribution is 0.00119. The Labute approximate surface area is 237 Å². The molecular formula is C30H26O12. The molecule has 5 unspecified atom stereocenters. The number of hydrogen-bond acceptors (Lipinski definition) is 12. The zero-order valence-electron chi connectivity index (χ0n) is 21.6. The maximum atomic E-state index is 11.7. The molecule has 2 aliphatic heterocycles. The van der Waals surface area contributed by atoms with Crippen LogP contribution in [0.25, 0.3) is 0 Å². The number of fused-ring (bicyclic) bond motifs is 2. The average molecular weight is 579 g/mol. The monoisotopic (exact) mass is 578 g/mol. The average Bonchev–Trinajstić information content (AvgIpc) is 2.93. The molecule has 6 rings (SSSR count). The lowest BCUT2D eigenvalue weighted by atomic mass is 9.77. The second-order valence-electron chi connectivity index (χ2n) is 10.3. The van der Waals surface area contributed by atoms with Crippen LogP contribution in [-0.2, 0) is 6.42 Å². The van der Waals surface area contributed by atoms with E-state index in [1.807, 2.05) is 0 Å². The number of hydrogen-bond donors (Lipinski definition) is 10. The number of phenols is 8. The van der Waals surface area contributed by atoms with Gasteiger partial charge in [-0.25, -0.2) is 0 Å². The molecule has 0 fully saturated rings. The van der Waals surface area contributed by atoms with Crippen molar-refractivity contribution in [2.75, 3.05) is 0 Å². The van der Waals surface area contributed by atoms with Crippen molar-refractivity contribution in [1.82, 2.24) is 0 Å². The first-order valence-corrected chi connectivity index (χ1v) is 12.8. The molecule has 4 aromatic carbocycles. The smallest absolute Gasteiger partial charge is 0.200 e. The molecule has 0 saturated heterocycles.